The first-order chi connectivity index (χ1) is 13.3. The molecule has 2 heterocycles. The van der Waals surface area contributed by atoms with Crippen molar-refractivity contribution in [1.29, 1.82) is 0 Å². The van der Waals surface area contributed by atoms with E-state index in [-0.39, 0.29) is 11.4 Å². The van der Waals surface area contributed by atoms with Crippen molar-refractivity contribution in [3.8, 4) is 0 Å². The Bertz CT molecular complexity index is 868. The number of nitrogens with zero attached hydrogens (tertiary/aromatic N) is 1. The van der Waals surface area contributed by atoms with E-state index in [9.17, 15) is 4.79 Å². The first kappa shape index (κ1) is 19.8. The third-order valence-electron chi connectivity index (χ3n) is 7.63. The fourth-order valence-electron chi connectivity index (χ4n) is 6.19. The van der Waals surface area contributed by atoms with Crippen LogP contribution in [-0.4, -0.2) is 27.9 Å². The van der Waals surface area contributed by atoms with E-state index in [1.807, 2.05) is 24.3 Å². The Morgan fingerprint density at radius 2 is 1.75 bits per heavy atom. The van der Waals surface area contributed by atoms with E-state index in [1.54, 1.807) is 0 Å². The van der Waals surface area contributed by atoms with Gasteiger partial charge in [-0.2, -0.15) is 0 Å². The van der Waals surface area contributed by atoms with Crippen LogP contribution >= 0.6 is 11.6 Å². The average molecular weight is 401 g/mol. The summed E-state index contributed by atoms with van der Waals surface area (Å²) in [5, 5.41) is 1.73. The monoisotopic (exact) mass is 400 g/mol. The van der Waals surface area contributed by atoms with Gasteiger partial charge in [-0.3, -0.25) is 4.79 Å². The molecule has 1 amide bonds. The van der Waals surface area contributed by atoms with Gasteiger partial charge in [0.15, 0.2) is 0 Å². The molecular weight excluding hydrogens is 368 g/mol. The van der Waals surface area contributed by atoms with E-state index in [2.05, 4.69) is 37.6 Å². The van der Waals surface area contributed by atoms with Gasteiger partial charge in [0.2, 0.25) is 0 Å². The van der Waals surface area contributed by atoms with Crippen molar-refractivity contribution in [2.24, 2.45) is 17.3 Å². The molecule has 152 valence electrons. The van der Waals surface area contributed by atoms with Gasteiger partial charge < -0.3 is 9.88 Å². The lowest BCUT2D eigenvalue weighted by atomic mass is 9.65. The van der Waals surface area contributed by atoms with Crippen molar-refractivity contribution >= 4 is 28.4 Å². The largest absolute Gasteiger partial charge is 0.350 e. The van der Waals surface area contributed by atoms with E-state index < -0.39 is 0 Å². The molecule has 1 aliphatic heterocycles. The molecule has 0 radical (unpaired) electrons. The van der Waals surface area contributed by atoms with Crippen LogP contribution in [0.25, 0.3) is 10.9 Å². The molecule has 1 aliphatic carbocycles. The Morgan fingerprint density at radius 1 is 1.07 bits per heavy atom. The number of benzene rings is 1. The topological polar surface area (TPSA) is 36.1 Å². The number of H-pyrrole nitrogens is 1. The molecule has 4 rings (SSSR count). The molecule has 1 saturated carbocycles. The predicted molar refractivity (Wildman–Crippen MR) is 117 cm³/mol. The number of carbonyl (C=O) groups is 1. The van der Waals surface area contributed by atoms with Crippen LogP contribution in [0.4, 0.5) is 0 Å². The summed E-state index contributed by atoms with van der Waals surface area (Å²) in [4.78, 5) is 19.4. The summed E-state index contributed by atoms with van der Waals surface area (Å²) < 4.78 is 0. The molecule has 1 spiro atoms. The van der Waals surface area contributed by atoms with Gasteiger partial charge in [0, 0.05) is 28.0 Å². The normalized spacial score (nSPS) is 21.3. The molecule has 1 aromatic carbocycles. The molecule has 3 nitrogen and oxygen atoms in total. The summed E-state index contributed by atoms with van der Waals surface area (Å²) >= 11 is 6.15. The van der Waals surface area contributed by atoms with Gasteiger partial charge in [0.1, 0.15) is 5.69 Å². The number of aromatic amines is 1. The van der Waals surface area contributed by atoms with E-state index in [4.69, 9.17) is 11.6 Å². The van der Waals surface area contributed by atoms with Crippen molar-refractivity contribution in [2.45, 2.75) is 71.8 Å². The van der Waals surface area contributed by atoms with Gasteiger partial charge >= 0.3 is 0 Å². The lowest BCUT2D eigenvalue weighted by Crippen LogP contribution is -2.54. The van der Waals surface area contributed by atoms with Crippen molar-refractivity contribution < 1.29 is 4.79 Å². The highest BCUT2D eigenvalue weighted by Gasteiger charge is 2.57. The standard InChI is InChI=1S/C24H33ClN2O/c1-16(2)24(17(3)4)14-23(10-6-5-7-11-23)15-27(24)22(28)21-12-18-8-9-19(25)13-20(18)26-21/h8-9,12-13,16-17,26H,5-7,10-11,14-15H2,1-4H3. The molecule has 1 aromatic heterocycles. The van der Waals surface area contributed by atoms with E-state index >= 15 is 0 Å². The Morgan fingerprint density at radius 3 is 2.39 bits per heavy atom. The molecule has 1 saturated heterocycles. The van der Waals surface area contributed by atoms with Crippen LogP contribution in [0.2, 0.25) is 5.02 Å². The van der Waals surface area contributed by atoms with Crippen molar-refractivity contribution in [1.82, 2.24) is 9.88 Å². The summed E-state index contributed by atoms with van der Waals surface area (Å²) in [5.41, 5.74) is 1.85. The maximum atomic E-state index is 13.8. The van der Waals surface area contributed by atoms with Crippen LogP contribution in [-0.2, 0) is 0 Å². The second kappa shape index (κ2) is 7.09. The van der Waals surface area contributed by atoms with E-state index in [0.717, 1.165) is 23.9 Å². The van der Waals surface area contributed by atoms with Crippen molar-refractivity contribution in [3.63, 3.8) is 0 Å². The summed E-state index contributed by atoms with van der Waals surface area (Å²) in [6, 6.07) is 7.75. The summed E-state index contributed by atoms with van der Waals surface area (Å²) in [6.07, 6.45) is 7.63. The number of halogens is 1. The SMILES string of the molecule is CC(C)C1(C(C)C)CC2(CCCCC2)CN1C(=O)c1cc2ccc(Cl)cc2[nH]1. The summed E-state index contributed by atoms with van der Waals surface area (Å²) in [5.74, 6) is 1.00. The minimum Gasteiger partial charge on any atom is -0.350 e. The molecule has 2 aliphatic rings. The quantitative estimate of drug-likeness (QED) is 0.613. The van der Waals surface area contributed by atoms with Gasteiger partial charge in [-0.15, -0.1) is 0 Å². The number of carbonyl (C=O) groups excluding carboxylic acids is 1. The Labute approximate surface area is 173 Å². The molecular formula is C24H33ClN2O. The summed E-state index contributed by atoms with van der Waals surface area (Å²) in [6.45, 7) is 10.1. The first-order valence-electron chi connectivity index (χ1n) is 10.9. The van der Waals surface area contributed by atoms with Gasteiger partial charge in [-0.1, -0.05) is 64.6 Å². The van der Waals surface area contributed by atoms with E-state index in [0.29, 0.717) is 28.0 Å². The van der Waals surface area contributed by atoms with Gasteiger partial charge in [-0.25, -0.2) is 0 Å². The number of amides is 1. The molecule has 0 bridgehead atoms. The molecule has 1 N–H and O–H groups in total. The zero-order chi connectivity index (χ0) is 20.1. The minimum absolute atomic E-state index is 0.0800. The van der Waals surface area contributed by atoms with Crippen LogP contribution in [0.3, 0.4) is 0 Å². The molecule has 0 unspecified atom stereocenters. The minimum atomic E-state index is -0.0800. The predicted octanol–water partition coefficient (Wildman–Crippen LogP) is 6.67. The number of aromatic nitrogens is 1. The van der Waals surface area contributed by atoms with Crippen LogP contribution in [0.1, 0.15) is 76.7 Å². The molecule has 2 aromatic rings. The fourth-order valence-corrected chi connectivity index (χ4v) is 6.36. The first-order valence-corrected chi connectivity index (χ1v) is 11.3. The number of hydrogen-bond acceptors (Lipinski definition) is 1. The average Bonchev–Trinajstić information content (AvgIpc) is 3.21. The number of likely N-dealkylation sites (tertiary alicyclic amines) is 1. The Balaban J connectivity index is 1.75. The number of nitrogens with one attached hydrogen (secondary N) is 1. The lowest BCUT2D eigenvalue weighted by Gasteiger charge is -2.45. The molecule has 0 atom stereocenters. The van der Waals surface area contributed by atoms with Gasteiger partial charge in [-0.05, 0) is 54.7 Å². The molecule has 4 heteroatoms. The maximum Gasteiger partial charge on any atom is 0.270 e. The molecule has 2 fully saturated rings. The van der Waals surface area contributed by atoms with Crippen LogP contribution in [0, 0.1) is 17.3 Å². The Hall–Kier alpha value is -1.48. The summed E-state index contributed by atoms with van der Waals surface area (Å²) in [7, 11) is 0. The van der Waals surface area contributed by atoms with Gasteiger partial charge in [0.25, 0.3) is 5.91 Å². The third kappa shape index (κ3) is 3.07. The van der Waals surface area contributed by atoms with Crippen LogP contribution < -0.4 is 0 Å². The highest BCUT2D eigenvalue weighted by Crippen LogP contribution is 2.55. The van der Waals surface area contributed by atoms with E-state index in [1.165, 1.54) is 32.1 Å². The second-order valence-corrected chi connectivity index (χ2v) is 10.3. The zero-order valence-electron chi connectivity index (χ0n) is 17.6. The smallest absolute Gasteiger partial charge is 0.270 e. The number of rotatable bonds is 3. The van der Waals surface area contributed by atoms with Crippen LogP contribution in [0.15, 0.2) is 24.3 Å². The van der Waals surface area contributed by atoms with Crippen LogP contribution in [0.5, 0.6) is 0 Å². The van der Waals surface area contributed by atoms with Crippen molar-refractivity contribution in [3.05, 3.63) is 35.0 Å². The fraction of sp³-hybridized carbons (Fsp3) is 0.625. The maximum absolute atomic E-state index is 13.8. The highest BCUT2D eigenvalue weighted by molar-refractivity contribution is 6.31. The second-order valence-electron chi connectivity index (χ2n) is 9.84. The van der Waals surface area contributed by atoms with Crippen molar-refractivity contribution in [2.75, 3.05) is 6.54 Å². The molecule has 28 heavy (non-hydrogen) atoms. The number of hydrogen-bond donors (Lipinski definition) is 1. The Kier molecular flexibility index (Phi) is 5.02. The third-order valence-corrected chi connectivity index (χ3v) is 7.86. The lowest BCUT2D eigenvalue weighted by molar-refractivity contribution is 0.0291. The highest BCUT2D eigenvalue weighted by atomic mass is 35.5. The van der Waals surface area contributed by atoms with Gasteiger partial charge in [0.05, 0.1) is 0 Å². The number of fused-ring (bicyclic) bond motifs is 1. The zero-order valence-corrected chi connectivity index (χ0v) is 18.4.